The van der Waals surface area contributed by atoms with Crippen LogP contribution in [0.3, 0.4) is 0 Å². The van der Waals surface area contributed by atoms with Gasteiger partial charge >= 0.3 is 0 Å². The third-order valence-electron chi connectivity index (χ3n) is 2.16. The smallest absolute Gasteiger partial charge is 0.0451 e. The molecule has 0 N–H and O–H groups in total. The second kappa shape index (κ2) is 5.61. The molecule has 4 heteroatoms. The molecule has 0 bridgehead atoms. The molecule has 0 spiro atoms. The van der Waals surface area contributed by atoms with E-state index >= 15 is 0 Å². The zero-order valence-electron chi connectivity index (χ0n) is 10.6. The Hall–Kier alpha value is 0.584. The quantitative estimate of drug-likeness (QED) is 0.660. The van der Waals surface area contributed by atoms with Gasteiger partial charge in [-0.2, -0.15) is 0 Å². The Morgan fingerprint density at radius 2 is 1.07 bits per heavy atom. The third kappa shape index (κ3) is 10.7. The van der Waals surface area contributed by atoms with E-state index in [1.165, 1.54) is 12.1 Å². The maximum Gasteiger partial charge on any atom is 0.0451 e. The van der Waals surface area contributed by atoms with Crippen LogP contribution >= 0.6 is 0 Å². The first kappa shape index (κ1) is 14.6. The number of rotatable bonds is 6. The molecule has 0 saturated carbocycles. The molecule has 14 heavy (non-hydrogen) atoms. The van der Waals surface area contributed by atoms with Crippen LogP contribution in [0.5, 0.6) is 0 Å². The second-order valence-electron chi connectivity index (χ2n) is 6.47. The van der Waals surface area contributed by atoms with Crippen LogP contribution in [0.1, 0.15) is 0 Å². The minimum absolute atomic E-state index is 0.544. The second-order valence-corrected chi connectivity index (χ2v) is 19.4. The molecule has 0 aromatic carbocycles. The van der Waals surface area contributed by atoms with E-state index < -0.39 is 26.9 Å². The summed E-state index contributed by atoms with van der Waals surface area (Å²) in [5, 5.41) is 0. The van der Waals surface area contributed by atoms with Gasteiger partial charge in [0.2, 0.25) is 0 Å². The highest BCUT2D eigenvalue weighted by Gasteiger charge is 2.17. The summed E-state index contributed by atoms with van der Waals surface area (Å²) in [6.45, 7) is 14.1. The van der Waals surface area contributed by atoms with Crippen molar-refractivity contribution in [3.8, 4) is 0 Å². The standard InChI is InChI=1S/C10H26OSSi2/c1-13(2,3)9-7-12(11)8-10-14(4,5)6/h7-10H2,1-6H3. The lowest BCUT2D eigenvalue weighted by atomic mass is 10.9. The lowest BCUT2D eigenvalue weighted by molar-refractivity contribution is 0.684. The van der Waals surface area contributed by atoms with Gasteiger partial charge in [-0.1, -0.05) is 39.3 Å². The molecule has 0 fully saturated rings. The number of hydrogen-bond donors (Lipinski definition) is 0. The van der Waals surface area contributed by atoms with E-state index in [0.717, 1.165) is 11.5 Å². The zero-order chi connectivity index (χ0) is 11.4. The Morgan fingerprint density at radius 1 is 0.786 bits per heavy atom. The van der Waals surface area contributed by atoms with E-state index in [-0.39, 0.29) is 0 Å². The Balaban J connectivity index is 3.68. The highest BCUT2D eigenvalue weighted by molar-refractivity contribution is 7.85. The van der Waals surface area contributed by atoms with Gasteiger partial charge in [0.15, 0.2) is 0 Å². The van der Waals surface area contributed by atoms with Crippen LogP contribution in [0.4, 0.5) is 0 Å². The van der Waals surface area contributed by atoms with Crippen LogP contribution < -0.4 is 0 Å². The van der Waals surface area contributed by atoms with Crippen molar-refractivity contribution in [1.29, 1.82) is 0 Å². The summed E-state index contributed by atoms with van der Waals surface area (Å²) < 4.78 is 11.7. The van der Waals surface area contributed by atoms with E-state index in [4.69, 9.17) is 0 Å². The molecule has 0 heterocycles. The van der Waals surface area contributed by atoms with Crippen molar-refractivity contribution in [3.05, 3.63) is 0 Å². The largest absolute Gasteiger partial charge is 0.260 e. The normalized spacial score (nSPS) is 13.6. The maximum atomic E-state index is 11.7. The van der Waals surface area contributed by atoms with Gasteiger partial charge in [0.1, 0.15) is 0 Å². The van der Waals surface area contributed by atoms with Crippen molar-refractivity contribution < 1.29 is 4.21 Å². The fourth-order valence-electron chi connectivity index (χ4n) is 0.942. The van der Waals surface area contributed by atoms with Crippen molar-refractivity contribution in [2.24, 2.45) is 0 Å². The predicted octanol–water partition coefficient (Wildman–Crippen LogP) is 3.41. The first-order valence-electron chi connectivity index (χ1n) is 5.45. The van der Waals surface area contributed by atoms with Crippen LogP contribution in [-0.4, -0.2) is 31.9 Å². The summed E-state index contributed by atoms with van der Waals surface area (Å²) in [7, 11) is -2.50. The van der Waals surface area contributed by atoms with Crippen molar-refractivity contribution >= 4 is 26.9 Å². The van der Waals surface area contributed by atoms with Crippen molar-refractivity contribution in [1.82, 2.24) is 0 Å². The van der Waals surface area contributed by atoms with Crippen LogP contribution in [0.2, 0.25) is 51.4 Å². The Bertz CT molecular complexity index is 171. The maximum absolute atomic E-state index is 11.7. The Morgan fingerprint density at radius 3 is 1.29 bits per heavy atom. The van der Waals surface area contributed by atoms with Crippen molar-refractivity contribution in [2.75, 3.05) is 11.5 Å². The topological polar surface area (TPSA) is 17.1 Å². The fraction of sp³-hybridized carbons (Fsp3) is 1.00. The van der Waals surface area contributed by atoms with Crippen LogP contribution in [-0.2, 0) is 10.8 Å². The molecular formula is C10H26OSSi2. The predicted molar refractivity (Wildman–Crippen MR) is 74.2 cm³/mol. The molecule has 0 radical (unpaired) electrons. The first-order valence-corrected chi connectivity index (χ1v) is 14.4. The van der Waals surface area contributed by atoms with Crippen LogP contribution in [0, 0.1) is 0 Å². The van der Waals surface area contributed by atoms with Gasteiger partial charge in [-0.05, 0) is 12.1 Å². The summed E-state index contributed by atoms with van der Waals surface area (Å²) >= 11 is 0. The lowest BCUT2D eigenvalue weighted by Crippen LogP contribution is -2.25. The molecule has 0 saturated heterocycles. The van der Waals surface area contributed by atoms with Gasteiger partial charge in [-0.3, -0.25) is 4.21 Å². The fourth-order valence-corrected chi connectivity index (χ4v) is 7.87. The zero-order valence-corrected chi connectivity index (χ0v) is 13.5. The molecule has 0 aliphatic carbocycles. The van der Waals surface area contributed by atoms with Crippen molar-refractivity contribution in [2.45, 2.75) is 51.4 Å². The molecule has 0 atom stereocenters. The van der Waals surface area contributed by atoms with E-state index in [2.05, 4.69) is 39.3 Å². The summed E-state index contributed by atoms with van der Waals surface area (Å²) in [4.78, 5) is 0. The lowest BCUT2D eigenvalue weighted by Gasteiger charge is -2.17. The van der Waals surface area contributed by atoms with Crippen molar-refractivity contribution in [3.63, 3.8) is 0 Å². The summed E-state index contributed by atoms with van der Waals surface area (Å²) in [5.41, 5.74) is 0. The number of hydrogen-bond acceptors (Lipinski definition) is 1. The van der Waals surface area contributed by atoms with E-state index in [1.807, 2.05) is 0 Å². The third-order valence-corrected chi connectivity index (χ3v) is 7.70. The molecular weight excluding hydrogens is 224 g/mol. The van der Waals surface area contributed by atoms with E-state index in [9.17, 15) is 4.21 Å². The highest BCUT2D eigenvalue weighted by Crippen LogP contribution is 2.12. The van der Waals surface area contributed by atoms with Gasteiger partial charge in [-0.25, -0.2) is 0 Å². The summed E-state index contributed by atoms with van der Waals surface area (Å²) in [6.07, 6.45) is 0. The molecule has 0 rings (SSSR count). The van der Waals surface area contributed by atoms with Gasteiger partial charge in [0.05, 0.1) is 0 Å². The molecule has 0 unspecified atom stereocenters. The molecule has 0 aliphatic heterocycles. The average Bonchev–Trinajstić information content (AvgIpc) is 1.94. The van der Waals surface area contributed by atoms with Gasteiger partial charge in [0, 0.05) is 38.5 Å². The van der Waals surface area contributed by atoms with E-state index in [0.29, 0.717) is 0 Å². The Kier molecular flexibility index (Phi) is 5.84. The Labute approximate surface area is 94.2 Å². The van der Waals surface area contributed by atoms with Crippen LogP contribution in [0.25, 0.3) is 0 Å². The van der Waals surface area contributed by atoms with Gasteiger partial charge in [-0.15, -0.1) is 0 Å². The molecule has 0 aliphatic rings. The molecule has 86 valence electrons. The molecule has 1 nitrogen and oxygen atoms in total. The van der Waals surface area contributed by atoms with E-state index in [1.54, 1.807) is 0 Å². The minimum Gasteiger partial charge on any atom is -0.260 e. The average molecular weight is 251 g/mol. The molecule has 0 amide bonds. The van der Waals surface area contributed by atoms with Gasteiger partial charge < -0.3 is 0 Å². The molecule has 0 aromatic rings. The van der Waals surface area contributed by atoms with Crippen LogP contribution in [0.15, 0.2) is 0 Å². The monoisotopic (exact) mass is 250 g/mol. The van der Waals surface area contributed by atoms with Gasteiger partial charge in [0.25, 0.3) is 0 Å². The summed E-state index contributed by atoms with van der Waals surface area (Å²) in [6, 6.07) is 2.43. The minimum atomic E-state index is -0.977. The molecule has 0 aromatic heterocycles. The highest BCUT2D eigenvalue weighted by atomic mass is 32.2. The first-order chi connectivity index (χ1) is 6.10. The SMILES string of the molecule is C[Si](C)(C)CCS(=O)CC[Si](C)(C)C. The summed E-state index contributed by atoms with van der Waals surface area (Å²) in [5.74, 6) is 1.89.